The van der Waals surface area contributed by atoms with Gasteiger partial charge in [-0.2, -0.15) is 5.10 Å². The van der Waals surface area contributed by atoms with Crippen molar-refractivity contribution in [1.29, 1.82) is 0 Å². The monoisotopic (exact) mass is 390 g/mol. The highest BCUT2D eigenvalue weighted by Gasteiger charge is 2.15. The van der Waals surface area contributed by atoms with E-state index in [1.807, 2.05) is 73.1 Å². The first-order valence-corrected chi connectivity index (χ1v) is 10.5. The van der Waals surface area contributed by atoms with Crippen molar-refractivity contribution in [2.45, 2.75) is 31.6 Å². The molecule has 5 nitrogen and oxygen atoms in total. The Labute approximate surface area is 168 Å². The highest BCUT2D eigenvalue weighted by atomic mass is 32.2. The van der Waals surface area contributed by atoms with Crippen LogP contribution in [0.25, 0.3) is 16.6 Å². The van der Waals surface area contributed by atoms with E-state index in [0.717, 1.165) is 44.1 Å². The number of thioether (sulfide) groups is 1. The lowest BCUT2D eigenvalue weighted by atomic mass is 10.1. The fourth-order valence-electron chi connectivity index (χ4n) is 3.50. The number of amides is 1. The van der Waals surface area contributed by atoms with E-state index in [1.54, 1.807) is 11.8 Å². The molecular weight excluding hydrogens is 368 g/mol. The van der Waals surface area contributed by atoms with Gasteiger partial charge in [0.1, 0.15) is 0 Å². The molecule has 0 spiro atoms. The molecule has 0 fully saturated rings. The Morgan fingerprint density at radius 1 is 1.14 bits per heavy atom. The Hall–Kier alpha value is -2.86. The number of aryl methyl sites for hydroxylation is 2. The van der Waals surface area contributed by atoms with Crippen LogP contribution in [-0.2, 0) is 11.2 Å². The second-order valence-electron chi connectivity index (χ2n) is 6.79. The quantitative estimate of drug-likeness (QED) is 0.498. The molecule has 0 unspecified atom stereocenters. The lowest BCUT2D eigenvalue weighted by Crippen LogP contribution is -2.14. The molecule has 0 aliphatic rings. The van der Waals surface area contributed by atoms with E-state index >= 15 is 0 Å². The molecule has 4 rings (SSSR count). The van der Waals surface area contributed by atoms with Gasteiger partial charge in [-0.25, -0.2) is 9.50 Å². The molecule has 0 saturated carbocycles. The van der Waals surface area contributed by atoms with Crippen LogP contribution in [0.4, 0.5) is 5.69 Å². The zero-order valence-electron chi connectivity index (χ0n) is 16.2. The zero-order valence-corrected chi connectivity index (χ0v) is 17.0. The van der Waals surface area contributed by atoms with E-state index < -0.39 is 0 Å². The number of nitrogens with zero attached hydrogens (tertiary/aromatic N) is 3. The van der Waals surface area contributed by atoms with Gasteiger partial charge < -0.3 is 5.32 Å². The Morgan fingerprint density at radius 2 is 1.96 bits per heavy atom. The first-order chi connectivity index (χ1) is 13.6. The maximum absolute atomic E-state index is 12.5. The predicted octanol–water partition coefficient (Wildman–Crippen LogP) is 4.79. The fourth-order valence-corrected chi connectivity index (χ4v) is 3.96. The molecular formula is C22H22N4OS. The number of aromatic nitrogens is 3. The standard InChI is InChI=1S/C22H22N4OS/c1-14-18(11-12-21(27)24-16-7-6-8-17(13-16)28-3)15(2)26-22(23-14)19-9-4-5-10-20(19)25-26/h4-10,13H,11-12H2,1-3H3,(H,24,27). The average molecular weight is 391 g/mol. The SMILES string of the molecule is CSc1cccc(NC(=O)CCc2c(C)nc3c4ccccc4nn3c2C)c1. The normalized spacial score (nSPS) is 11.2. The van der Waals surface area contributed by atoms with Crippen molar-refractivity contribution in [1.82, 2.24) is 14.6 Å². The summed E-state index contributed by atoms with van der Waals surface area (Å²) in [7, 11) is 0. The Bertz CT molecular complexity index is 1180. The number of rotatable bonds is 5. The highest BCUT2D eigenvalue weighted by Crippen LogP contribution is 2.23. The minimum atomic E-state index is 0.00257. The average Bonchev–Trinajstić information content (AvgIpc) is 3.07. The van der Waals surface area contributed by atoms with Crippen LogP contribution in [0.3, 0.4) is 0 Å². The topological polar surface area (TPSA) is 59.3 Å². The molecule has 6 heteroatoms. The number of fused-ring (bicyclic) bond motifs is 3. The highest BCUT2D eigenvalue weighted by molar-refractivity contribution is 7.98. The number of carbonyl (C=O) groups excluding carboxylic acids is 1. The van der Waals surface area contributed by atoms with Crippen LogP contribution < -0.4 is 5.32 Å². The zero-order chi connectivity index (χ0) is 19.7. The van der Waals surface area contributed by atoms with E-state index in [4.69, 9.17) is 4.98 Å². The smallest absolute Gasteiger partial charge is 0.224 e. The number of anilines is 1. The molecule has 28 heavy (non-hydrogen) atoms. The van der Waals surface area contributed by atoms with Crippen LogP contribution in [-0.4, -0.2) is 26.8 Å². The van der Waals surface area contributed by atoms with Gasteiger partial charge >= 0.3 is 0 Å². The molecule has 0 radical (unpaired) electrons. The van der Waals surface area contributed by atoms with Crippen molar-refractivity contribution in [3.63, 3.8) is 0 Å². The summed E-state index contributed by atoms with van der Waals surface area (Å²) in [5.74, 6) is 0.00257. The van der Waals surface area contributed by atoms with Crippen molar-refractivity contribution in [2.75, 3.05) is 11.6 Å². The summed E-state index contributed by atoms with van der Waals surface area (Å²) in [6, 6.07) is 15.9. The van der Waals surface area contributed by atoms with Gasteiger partial charge in [-0.05, 0) is 62.4 Å². The lowest BCUT2D eigenvalue weighted by Gasteiger charge is -2.11. The third-order valence-corrected chi connectivity index (χ3v) is 5.70. The van der Waals surface area contributed by atoms with E-state index in [2.05, 4.69) is 10.4 Å². The van der Waals surface area contributed by atoms with Crippen LogP contribution in [0.2, 0.25) is 0 Å². The van der Waals surface area contributed by atoms with E-state index in [9.17, 15) is 4.79 Å². The summed E-state index contributed by atoms with van der Waals surface area (Å²) in [4.78, 5) is 18.4. The van der Waals surface area contributed by atoms with Crippen LogP contribution >= 0.6 is 11.8 Å². The minimum absolute atomic E-state index is 0.00257. The molecule has 0 bridgehead atoms. The number of carbonyl (C=O) groups is 1. The first-order valence-electron chi connectivity index (χ1n) is 9.24. The van der Waals surface area contributed by atoms with E-state index in [0.29, 0.717) is 12.8 Å². The fraction of sp³-hybridized carbons (Fsp3) is 0.227. The van der Waals surface area contributed by atoms with Gasteiger partial charge in [0.2, 0.25) is 5.91 Å². The third kappa shape index (κ3) is 3.47. The number of benzene rings is 2. The van der Waals surface area contributed by atoms with Crippen LogP contribution in [0, 0.1) is 13.8 Å². The van der Waals surface area contributed by atoms with Gasteiger partial charge in [0.05, 0.1) is 5.52 Å². The number of hydrogen-bond donors (Lipinski definition) is 1. The summed E-state index contributed by atoms with van der Waals surface area (Å²) < 4.78 is 1.90. The van der Waals surface area contributed by atoms with Gasteiger partial charge in [0.25, 0.3) is 0 Å². The predicted molar refractivity (Wildman–Crippen MR) is 115 cm³/mol. The van der Waals surface area contributed by atoms with Gasteiger partial charge in [-0.15, -0.1) is 11.8 Å². The largest absolute Gasteiger partial charge is 0.326 e. The first kappa shape index (κ1) is 18.5. The Morgan fingerprint density at radius 3 is 2.79 bits per heavy atom. The summed E-state index contributed by atoms with van der Waals surface area (Å²) in [6.45, 7) is 4.05. The third-order valence-electron chi connectivity index (χ3n) is 4.97. The molecule has 2 aromatic carbocycles. The molecule has 0 aliphatic carbocycles. The van der Waals surface area contributed by atoms with E-state index in [-0.39, 0.29) is 5.91 Å². The Kier molecular flexibility index (Phi) is 5.05. The van der Waals surface area contributed by atoms with Gasteiger partial charge in [-0.1, -0.05) is 18.2 Å². The number of hydrogen-bond acceptors (Lipinski definition) is 4. The molecule has 1 amide bonds. The summed E-state index contributed by atoms with van der Waals surface area (Å²) in [6.07, 6.45) is 3.05. The minimum Gasteiger partial charge on any atom is -0.326 e. The molecule has 2 heterocycles. The van der Waals surface area contributed by atoms with Crippen LogP contribution in [0.5, 0.6) is 0 Å². The van der Waals surface area contributed by atoms with Crippen LogP contribution in [0.1, 0.15) is 23.4 Å². The van der Waals surface area contributed by atoms with Gasteiger partial charge in [0.15, 0.2) is 5.65 Å². The molecule has 0 aliphatic heterocycles. The molecule has 0 atom stereocenters. The molecule has 0 saturated heterocycles. The van der Waals surface area contributed by atoms with Crippen molar-refractivity contribution in [3.8, 4) is 0 Å². The van der Waals surface area contributed by atoms with Crippen molar-refractivity contribution in [3.05, 3.63) is 65.5 Å². The maximum Gasteiger partial charge on any atom is 0.224 e. The summed E-state index contributed by atoms with van der Waals surface area (Å²) in [5, 5.41) is 8.72. The molecule has 2 aromatic heterocycles. The Balaban J connectivity index is 1.56. The van der Waals surface area contributed by atoms with Crippen molar-refractivity contribution in [2.24, 2.45) is 0 Å². The van der Waals surface area contributed by atoms with Gasteiger partial charge in [0, 0.05) is 33.8 Å². The van der Waals surface area contributed by atoms with Crippen LogP contribution in [0.15, 0.2) is 53.4 Å². The second kappa shape index (κ2) is 7.64. The molecule has 142 valence electrons. The summed E-state index contributed by atoms with van der Waals surface area (Å²) >= 11 is 1.66. The summed E-state index contributed by atoms with van der Waals surface area (Å²) in [5.41, 5.74) is 5.70. The molecule has 4 aromatic rings. The second-order valence-corrected chi connectivity index (χ2v) is 7.67. The van der Waals surface area contributed by atoms with Crippen molar-refractivity contribution >= 4 is 39.9 Å². The number of nitrogens with one attached hydrogen (secondary N) is 1. The lowest BCUT2D eigenvalue weighted by molar-refractivity contribution is -0.116. The van der Waals surface area contributed by atoms with Gasteiger partial charge in [-0.3, -0.25) is 4.79 Å². The van der Waals surface area contributed by atoms with Crippen molar-refractivity contribution < 1.29 is 4.79 Å². The van der Waals surface area contributed by atoms with E-state index in [1.165, 1.54) is 0 Å². The molecule has 1 N–H and O–H groups in total. The maximum atomic E-state index is 12.5.